The number of anilines is 1. The Morgan fingerprint density at radius 1 is 1.20 bits per heavy atom. The predicted octanol–water partition coefficient (Wildman–Crippen LogP) is 4.68. The molecule has 20 heavy (non-hydrogen) atoms. The molecule has 0 aliphatic rings. The average molecular weight is 322 g/mol. The van der Waals surface area contributed by atoms with Gasteiger partial charge in [-0.1, -0.05) is 35.5 Å². The fourth-order valence-electron chi connectivity index (χ4n) is 1.77. The van der Waals surface area contributed by atoms with E-state index in [2.05, 4.69) is 21.4 Å². The topological polar surface area (TPSA) is 37.8 Å². The quantitative estimate of drug-likeness (QED) is 0.708. The highest BCUT2D eigenvalue weighted by Gasteiger charge is 2.08. The van der Waals surface area contributed by atoms with E-state index in [9.17, 15) is 0 Å². The molecular weight excluding hydrogens is 310 g/mol. The van der Waals surface area contributed by atoms with E-state index in [4.69, 9.17) is 11.6 Å². The Morgan fingerprint density at radius 2 is 2.05 bits per heavy atom. The molecule has 1 N–H and O–H groups in total. The van der Waals surface area contributed by atoms with E-state index in [0.29, 0.717) is 10.8 Å². The summed E-state index contributed by atoms with van der Waals surface area (Å²) in [7, 11) is 1.85. The first-order valence-electron chi connectivity index (χ1n) is 6.08. The van der Waals surface area contributed by atoms with Gasteiger partial charge in [0.05, 0.1) is 20.9 Å². The van der Waals surface area contributed by atoms with Gasteiger partial charge in [0.2, 0.25) is 0 Å². The van der Waals surface area contributed by atoms with Crippen LogP contribution in [0.5, 0.6) is 0 Å². The summed E-state index contributed by atoms with van der Waals surface area (Å²) >= 11 is 9.54. The largest absolute Gasteiger partial charge is 0.373 e. The van der Waals surface area contributed by atoms with Crippen LogP contribution in [0.25, 0.3) is 10.2 Å². The summed E-state index contributed by atoms with van der Waals surface area (Å²) in [6.07, 6.45) is 0. The molecule has 0 aliphatic heterocycles. The summed E-state index contributed by atoms with van der Waals surface area (Å²) in [5.41, 5.74) is 1.92. The molecule has 0 bridgehead atoms. The van der Waals surface area contributed by atoms with Crippen LogP contribution >= 0.6 is 34.7 Å². The van der Waals surface area contributed by atoms with Crippen LogP contribution in [0, 0.1) is 0 Å². The first-order valence-corrected chi connectivity index (χ1v) is 8.26. The molecule has 0 saturated carbocycles. The predicted molar refractivity (Wildman–Crippen MR) is 88.0 cm³/mol. The Balaban J connectivity index is 1.79. The van der Waals surface area contributed by atoms with Crippen LogP contribution in [-0.2, 0) is 5.75 Å². The van der Waals surface area contributed by atoms with Crippen molar-refractivity contribution in [3.63, 3.8) is 0 Å². The van der Waals surface area contributed by atoms with Gasteiger partial charge in [0.15, 0.2) is 4.34 Å². The van der Waals surface area contributed by atoms with E-state index in [1.165, 1.54) is 4.70 Å². The third-order valence-corrected chi connectivity index (χ3v) is 5.32. The number of thiazole rings is 1. The first-order chi connectivity index (χ1) is 9.76. The SMILES string of the molecule is CNc1ccc(Cl)c(CSc2nc3ccccc3s2)n1. The molecule has 3 nitrogen and oxygen atoms in total. The summed E-state index contributed by atoms with van der Waals surface area (Å²) in [6.45, 7) is 0. The molecule has 3 aromatic rings. The zero-order valence-electron chi connectivity index (χ0n) is 10.8. The molecule has 0 aliphatic carbocycles. The molecule has 0 fully saturated rings. The Kier molecular flexibility index (Phi) is 4.10. The molecule has 0 amide bonds. The van der Waals surface area contributed by atoms with Crippen molar-refractivity contribution >= 4 is 50.7 Å². The van der Waals surface area contributed by atoms with Crippen LogP contribution < -0.4 is 5.32 Å². The van der Waals surface area contributed by atoms with Crippen molar-refractivity contribution in [2.45, 2.75) is 10.1 Å². The van der Waals surface area contributed by atoms with Gasteiger partial charge in [-0.15, -0.1) is 11.3 Å². The molecule has 2 heterocycles. The number of nitrogens with zero attached hydrogens (tertiary/aromatic N) is 2. The summed E-state index contributed by atoms with van der Waals surface area (Å²) in [6, 6.07) is 11.9. The van der Waals surface area contributed by atoms with E-state index >= 15 is 0 Å². The number of halogens is 1. The molecule has 1 aromatic carbocycles. The molecule has 0 saturated heterocycles. The lowest BCUT2D eigenvalue weighted by atomic mass is 10.3. The standard InChI is InChI=1S/C14H12ClN3S2/c1-16-13-7-6-9(15)11(17-13)8-19-14-18-10-4-2-3-5-12(10)20-14/h2-7H,8H2,1H3,(H,16,17). The minimum Gasteiger partial charge on any atom is -0.373 e. The highest BCUT2D eigenvalue weighted by atomic mass is 35.5. The van der Waals surface area contributed by atoms with Crippen molar-refractivity contribution in [1.29, 1.82) is 0 Å². The van der Waals surface area contributed by atoms with Crippen molar-refractivity contribution in [1.82, 2.24) is 9.97 Å². The maximum Gasteiger partial charge on any atom is 0.151 e. The number of benzene rings is 1. The Labute approximate surface area is 130 Å². The zero-order chi connectivity index (χ0) is 13.9. The van der Waals surface area contributed by atoms with Gasteiger partial charge in [0.1, 0.15) is 5.82 Å². The molecule has 3 rings (SSSR count). The number of hydrogen-bond acceptors (Lipinski definition) is 5. The molecular formula is C14H12ClN3S2. The number of hydrogen-bond donors (Lipinski definition) is 1. The number of rotatable bonds is 4. The maximum atomic E-state index is 6.18. The second-order valence-electron chi connectivity index (χ2n) is 4.11. The third-order valence-electron chi connectivity index (χ3n) is 2.78. The highest BCUT2D eigenvalue weighted by Crippen LogP contribution is 2.32. The lowest BCUT2D eigenvalue weighted by Crippen LogP contribution is -1.96. The fourth-order valence-corrected chi connectivity index (χ4v) is 4.04. The fraction of sp³-hybridized carbons (Fsp3) is 0.143. The van der Waals surface area contributed by atoms with Crippen LogP contribution in [-0.4, -0.2) is 17.0 Å². The van der Waals surface area contributed by atoms with Crippen molar-refractivity contribution in [2.75, 3.05) is 12.4 Å². The van der Waals surface area contributed by atoms with Gasteiger partial charge >= 0.3 is 0 Å². The van der Waals surface area contributed by atoms with Crippen molar-refractivity contribution in [3.8, 4) is 0 Å². The normalized spacial score (nSPS) is 10.9. The number of thioether (sulfide) groups is 1. The summed E-state index contributed by atoms with van der Waals surface area (Å²) in [5, 5.41) is 3.71. The molecule has 0 spiro atoms. The molecule has 0 unspecified atom stereocenters. The molecule has 0 radical (unpaired) electrons. The first kappa shape index (κ1) is 13.7. The molecule has 2 aromatic heterocycles. The molecule has 102 valence electrons. The Morgan fingerprint density at radius 3 is 2.85 bits per heavy atom. The van der Waals surface area contributed by atoms with Crippen molar-refractivity contribution in [2.24, 2.45) is 0 Å². The second kappa shape index (κ2) is 5.99. The van der Waals surface area contributed by atoms with Gasteiger partial charge in [0.25, 0.3) is 0 Å². The lowest BCUT2D eigenvalue weighted by molar-refractivity contribution is 1.16. The van der Waals surface area contributed by atoms with Crippen molar-refractivity contribution < 1.29 is 0 Å². The third kappa shape index (κ3) is 2.90. The molecule has 6 heteroatoms. The number of para-hydroxylation sites is 1. The number of aromatic nitrogens is 2. The minimum atomic E-state index is 0.692. The summed E-state index contributed by atoms with van der Waals surface area (Å²) in [5.74, 6) is 1.54. The molecule has 0 atom stereocenters. The lowest BCUT2D eigenvalue weighted by Gasteiger charge is -2.05. The van der Waals surface area contributed by atoms with E-state index in [0.717, 1.165) is 21.4 Å². The smallest absolute Gasteiger partial charge is 0.151 e. The Hall–Kier alpha value is -1.30. The van der Waals surface area contributed by atoms with Crippen LogP contribution in [0.2, 0.25) is 5.02 Å². The van der Waals surface area contributed by atoms with Gasteiger partial charge in [-0.3, -0.25) is 0 Å². The van der Waals surface area contributed by atoms with Gasteiger partial charge in [-0.25, -0.2) is 9.97 Å². The van der Waals surface area contributed by atoms with Crippen LogP contribution in [0.4, 0.5) is 5.82 Å². The van der Waals surface area contributed by atoms with Crippen LogP contribution in [0.15, 0.2) is 40.7 Å². The van der Waals surface area contributed by atoms with Gasteiger partial charge in [-0.2, -0.15) is 0 Å². The second-order valence-corrected chi connectivity index (χ2v) is 6.77. The van der Waals surface area contributed by atoms with Gasteiger partial charge < -0.3 is 5.32 Å². The number of pyridine rings is 1. The van der Waals surface area contributed by atoms with Crippen molar-refractivity contribution in [3.05, 3.63) is 47.1 Å². The average Bonchev–Trinajstić information content (AvgIpc) is 2.89. The number of nitrogens with one attached hydrogen (secondary N) is 1. The van der Waals surface area contributed by atoms with Gasteiger partial charge in [0, 0.05) is 12.8 Å². The van der Waals surface area contributed by atoms with E-state index < -0.39 is 0 Å². The van der Waals surface area contributed by atoms with E-state index in [1.807, 2.05) is 37.4 Å². The maximum absolute atomic E-state index is 6.18. The minimum absolute atomic E-state index is 0.692. The van der Waals surface area contributed by atoms with E-state index in [1.54, 1.807) is 23.1 Å². The summed E-state index contributed by atoms with van der Waals surface area (Å²) < 4.78 is 2.25. The zero-order valence-corrected chi connectivity index (χ0v) is 13.1. The van der Waals surface area contributed by atoms with Crippen LogP contribution in [0.3, 0.4) is 0 Å². The summed E-state index contributed by atoms with van der Waals surface area (Å²) in [4.78, 5) is 9.07. The van der Waals surface area contributed by atoms with E-state index in [-0.39, 0.29) is 0 Å². The monoisotopic (exact) mass is 321 g/mol. The van der Waals surface area contributed by atoms with Crippen LogP contribution in [0.1, 0.15) is 5.69 Å². The number of fused-ring (bicyclic) bond motifs is 1. The van der Waals surface area contributed by atoms with Gasteiger partial charge in [-0.05, 0) is 24.3 Å². The highest BCUT2D eigenvalue weighted by molar-refractivity contribution is 8.00. The Bertz CT molecular complexity index is 709.